The van der Waals surface area contributed by atoms with Crippen molar-refractivity contribution in [2.75, 3.05) is 19.7 Å². The van der Waals surface area contributed by atoms with Gasteiger partial charge in [0.05, 0.1) is 6.54 Å². The highest BCUT2D eigenvalue weighted by Gasteiger charge is 2.24. The SMILES string of the molecule is CC(C)(C)C(CCN)CCC(=O)NCCOC(N)=O. The van der Waals surface area contributed by atoms with Crippen molar-refractivity contribution >= 4 is 12.0 Å². The Hall–Kier alpha value is -1.30. The molecule has 5 N–H and O–H groups in total. The van der Waals surface area contributed by atoms with Gasteiger partial charge in [0.1, 0.15) is 6.61 Å². The van der Waals surface area contributed by atoms with E-state index in [0.717, 1.165) is 12.8 Å². The maximum Gasteiger partial charge on any atom is 0.404 e. The first-order valence-corrected chi connectivity index (χ1v) is 6.66. The van der Waals surface area contributed by atoms with Crippen molar-refractivity contribution in [3.05, 3.63) is 0 Å². The number of rotatable bonds is 8. The molecular formula is C13H27N3O3. The van der Waals surface area contributed by atoms with Crippen LogP contribution in [0.15, 0.2) is 0 Å². The Morgan fingerprint density at radius 3 is 2.37 bits per heavy atom. The van der Waals surface area contributed by atoms with E-state index in [9.17, 15) is 9.59 Å². The molecule has 0 aromatic rings. The molecule has 0 aromatic heterocycles. The third kappa shape index (κ3) is 9.30. The molecule has 19 heavy (non-hydrogen) atoms. The Morgan fingerprint density at radius 2 is 1.89 bits per heavy atom. The zero-order valence-electron chi connectivity index (χ0n) is 12.2. The summed E-state index contributed by atoms with van der Waals surface area (Å²) in [5.74, 6) is 0.379. The van der Waals surface area contributed by atoms with Crippen LogP contribution >= 0.6 is 0 Å². The van der Waals surface area contributed by atoms with Crippen molar-refractivity contribution < 1.29 is 14.3 Å². The summed E-state index contributed by atoms with van der Waals surface area (Å²) >= 11 is 0. The Labute approximate surface area is 115 Å². The van der Waals surface area contributed by atoms with Gasteiger partial charge in [-0.1, -0.05) is 20.8 Å². The number of primary amides is 1. The van der Waals surface area contributed by atoms with Crippen LogP contribution in [0.5, 0.6) is 0 Å². The van der Waals surface area contributed by atoms with Gasteiger partial charge in [-0.05, 0) is 30.7 Å². The first kappa shape index (κ1) is 17.7. The predicted molar refractivity (Wildman–Crippen MR) is 74.4 cm³/mol. The van der Waals surface area contributed by atoms with Crippen LogP contribution in [0.25, 0.3) is 0 Å². The standard InChI is InChI=1S/C13H27N3O3/c1-13(2,3)10(6-7-14)4-5-11(17)16-8-9-19-12(15)18/h10H,4-9,14H2,1-3H3,(H2,15,18)(H,16,17). The van der Waals surface area contributed by atoms with Crippen LogP contribution < -0.4 is 16.8 Å². The summed E-state index contributed by atoms with van der Waals surface area (Å²) in [5.41, 5.74) is 10.5. The maximum absolute atomic E-state index is 11.6. The summed E-state index contributed by atoms with van der Waals surface area (Å²) in [6.07, 6.45) is 1.36. The monoisotopic (exact) mass is 273 g/mol. The second-order valence-corrected chi connectivity index (χ2v) is 5.70. The molecule has 0 aliphatic carbocycles. The largest absolute Gasteiger partial charge is 0.448 e. The summed E-state index contributed by atoms with van der Waals surface area (Å²) in [6.45, 7) is 7.51. The first-order chi connectivity index (χ1) is 8.77. The zero-order valence-corrected chi connectivity index (χ0v) is 12.2. The molecule has 0 saturated carbocycles. The Balaban J connectivity index is 3.89. The van der Waals surface area contributed by atoms with Gasteiger partial charge in [-0.2, -0.15) is 0 Å². The van der Waals surface area contributed by atoms with Crippen LogP contribution in [0.4, 0.5) is 4.79 Å². The van der Waals surface area contributed by atoms with Gasteiger partial charge in [-0.25, -0.2) is 4.79 Å². The topological polar surface area (TPSA) is 107 Å². The van der Waals surface area contributed by atoms with Crippen LogP contribution in [-0.4, -0.2) is 31.7 Å². The maximum atomic E-state index is 11.6. The van der Waals surface area contributed by atoms with Gasteiger partial charge in [-0.3, -0.25) is 4.79 Å². The van der Waals surface area contributed by atoms with Crippen molar-refractivity contribution in [2.45, 2.75) is 40.0 Å². The number of hydrogen-bond acceptors (Lipinski definition) is 4. The molecule has 0 aromatic carbocycles. The lowest BCUT2D eigenvalue weighted by molar-refractivity contribution is -0.121. The lowest BCUT2D eigenvalue weighted by Gasteiger charge is -2.30. The minimum atomic E-state index is -0.829. The van der Waals surface area contributed by atoms with E-state index in [1.165, 1.54) is 0 Å². The molecule has 0 aliphatic heterocycles. The first-order valence-electron chi connectivity index (χ1n) is 6.66. The molecule has 1 atom stereocenters. The molecule has 0 fully saturated rings. The van der Waals surface area contributed by atoms with E-state index in [-0.39, 0.29) is 17.9 Å². The lowest BCUT2D eigenvalue weighted by Crippen LogP contribution is -2.30. The number of nitrogens with one attached hydrogen (secondary N) is 1. The van der Waals surface area contributed by atoms with Crippen LogP contribution in [0, 0.1) is 11.3 Å². The summed E-state index contributed by atoms with van der Waals surface area (Å²) in [4.78, 5) is 21.9. The van der Waals surface area contributed by atoms with Crippen LogP contribution in [0.2, 0.25) is 0 Å². The van der Waals surface area contributed by atoms with Crippen molar-refractivity contribution in [3.8, 4) is 0 Å². The fourth-order valence-electron chi connectivity index (χ4n) is 1.95. The molecule has 0 aliphatic rings. The molecule has 112 valence electrons. The van der Waals surface area contributed by atoms with E-state index in [1.807, 2.05) is 0 Å². The third-order valence-corrected chi connectivity index (χ3v) is 3.13. The number of carbonyl (C=O) groups is 2. The van der Waals surface area contributed by atoms with E-state index in [4.69, 9.17) is 11.5 Å². The predicted octanol–water partition coefficient (Wildman–Crippen LogP) is 0.989. The van der Waals surface area contributed by atoms with Crippen molar-refractivity contribution in [1.82, 2.24) is 5.32 Å². The van der Waals surface area contributed by atoms with Gasteiger partial charge in [0.25, 0.3) is 0 Å². The minimum Gasteiger partial charge on any atom is -0.448 e. The molecule has 2 amide bonds. The van der Waals surface area contributed by atoms with Gasteiger partial charge in [-0.15, -0.1) is 0 Å². The molecular weight excluding hydrogens is 246 g/mol. The van der Waals surface area contributed by atoms with Crippen molar-refractivity contribution in [2.24, 2.45) is 22.8 Å². The molecule has 0 bridgehead atoms. The summed E-state index contributed by atoms with van der Waals surface area (Å²) in [5, 5.41) is 2.68. The zero-order chi connectivity index (χ0) is 14.9. The number of nitrogens with two attached hydrogens (primary N) is 2. The Kier molecular flexibility index (Phi) is 8.14. The highest BCUT2D eigenvalue weighted by atomic mass is 16.5. The normalized spacial score (nSPS) is 12.8. The van der Waals surface area contributed by atoms with E-state index in [1.54, 1.807) is 0 Å². The van der Waals surface area contributed by atoms with Crippen molar-refractivity contribution in [3.63, 3.8) is 0 Å². The smallest absolute Gasteiger partial charge is 0.404 e. The highest BCUT2D eigenvalue weighted by molar-refractivity contribution is 5.75. The fraction of sp³-hybridized carbons (Fsp3) is 0.846. The molecule has 0 rings (SSSR count). The summed E-state index contributed by atoms with van der Waals surface area (Å²) in [7, 11) is 0. The van der Waals surface area contributed by atoms with E-state index in [0.29, 0.717) is 25.4 Å². The average Bonchev–Trinajstić information content (AvgIpc) is 2.28. The van der Waals surface area contributed by atoms with Crippen molar-refractivity contribution in [1.29, 1.82) is 0 Å². The number of carbonyl (C=O) groups excluding carboxylic acids is 2. The Bertz CT molecular complexity index is 287. The Morgan fingerprint density at radius 1 is 1.26 bits per heavy atom. The number of ether oxygens (including phenoxy) is 1. The highest BCUT2D eigenvalue weighted by Crippen LogP contribution is 2.31. The van der Waals surface area contributed by atoms with E-state index < -0.39 is 6.09 Å². The second kappa shape index (κ2) is 8.74. The van der Waals surface area contributed by atoms with Gasteiger partial charge in [0, 0.05) is 6.42 Å². The molecule has 0 radical (unpaired) electrons. The fourth-order valence-corrected chi connectivity index (χ4v) is 1.95. The third-order valence-electron chi connectivity index (χ3n) is 3.13. The van der Waals surface area contributed by atoms with Gasteiger partial charge < -0.3 is 21.5 Å². The molecule has 0 spiro atoms. The second-order valence-electron chi connectivity index (χ2n) is 5.70. The van der Waals surface area contributed by atoms with Gasteiger partial charge in [0.2, 0.25) is 5.91 Å². The average molecular weight is 273 g/mol. The molecule has 0 saturated heterocycles. The van der Waals surface area contributed by atoms with E-state index >= 15 is 0 Å². The summed E-state index contributed by atoms with van der Waals surface area (Å²) in [6, 6.07) is 0. The molecule has 1 unspecified atom stereocenters. The number of amides is 2. The van der Waals surface area contributed by atoms with Gasteiger partial charge >= 0.3 is 6.09 Å². The van der Waals surface area contributed by atoms with Gasteiger partial charge in [0.15, 0.2) is 0 Å². The number of hydrogen-bond donors (Lipinski definition) is 3. The molecule has 6 nitrogen and oxygen atoms in total. The molecule has 6 heteroatoms. The minimum absolute atomic E-state index is 0.0423. The summed E-state index contributed by atoms with van der Waals surface area (Å²) < 4.78 is 4.52. The van der Waals surface area contributed by atoms with Crippen LogP contribution in [0.3, 0.4) is 0 Å². The van der Waals surface area contributed by atoms with Crippen LogP contribution in [0.1, 0.15) is 40.0 Å². The van der Waals surface area contributed by atoms with E-state index in [2.05, 4.69) is 30.8 Å². The van der Waals surface area contributed by atoms with Crippen LogP contribution in [-0.2, 0) is 9.53 Å². The quantitative estimate of drug-likeness (QED) is 0.573. The molecule has 0 heterocycles. The lowest BCUT2D eigenvalue weighted by atomic mass is 9.76.